The van der Waals surface area contributed by atoms with Gasteiger partial charge in [-0.1, -0.05) is 35.9 Å². The van der Waals surface area contributed by atoms with E-state index < -0.39 is 10.0 Å². The van der Waals surface area contributed by atoms with Gasteiger partial charge >= 0.3 is 0 Å². The standard InChI is InChI=1S/C22H22N2O3S/c1-16-9-12-19(13-10-16)23-22(25)18-11-14-21(17(2)15-18)24(3)28(26,27)20-7-5-4-6-8-20/h4-15H,1-3H3,(H,23,25). The lowest BCUT2D eigenvalue weighted by Crippen LogP contribution is -2.27. The van der Waals surface area contributed by atoms with Crippen molar-refractivity contribution in [2.45, 2.75) is 18.7 Å². The Labute approximate surface area is 165 Å². The van der Waals surface area contributed by atoms with Crippen molar-refractivity contribution in [3.63, 3.8) is 0 Å². The lowest BCUT2D eigenvalue weighted by Gasteiger charge is -2.22. The van der Waals surface area contributed by atoms with Crippen LogP contribution in [0.15, 0.2) is 77.7 Å². The molecule has 0 aromatic heterocycles. The number of anilines is 2. The Bertz CT molecular complexity index is 1090. The number of rotatable bonds is 5. The molecule has 144 valence electrons. The van der Waals surface area contributed by atoms with Crippen molar-refractivity contribution in [2.24, 2.45) is 0 Å². The number of carbonyl (C=O) groups excluding carboxylic acids is 1. The minimum Gasteiger partial charge on any atom is -0.322 e. The SMILES string of the molecule is Cc1ccc(NC(=O)c2ccc(N(C)S(=O)(=O)c3ccccc3)c(C)c2)cc1. The number of benzene rings is 3. The average Bonchev–Trinajstić information content (AvgIpc) is 2.69. The molecule has 0 aliphatic rings. The Kier molecular flexibility index (Phi) is 5.51. The molecule has 0 fully saturated rings. The summed E-state index contributed by atoms with van der Waals surface area (Å²) >= 11 is 0. The molecule has 0 radical (unpaired) electrons. The molecule has 3 rings (SSSR count). The molecular formula is C22H22N2O3S. The molecule has 0 aliphatic carbocycles. The zero-order valence-electron chi connectivity index (χ0n) is 16.0. The number of nitrogens with one attached hydrogen (secondary N) is 1. The summed E-state index contributed by atoms with van der Waals surface area (Å²) in [6, 6.07) is 20.8. The minimum atomic E-state index is -3.67. The minimum absolute atomic E-state index is 0.220. The van der Waals surface area contributed by atoms with Crippen molar-refractivity contribution in [3.05, 3.63) is 89.5 Å². The highest BCUT2D eigenvalue weighted by atomic mass is 32.2. The van der Waals surface area contributed by atoms with Gasteiger partial charge in [-0.25, -0.2) is 8.42 Å². The number of hydrogen-bond acceptors (Lipinski definition) is 3. The van der Waals surface area contributed by atoms with Gasteiger partial charge in [0.15, 0.2) is 0 Å². The molecule has 0 heterocycles. The zero-order valence-corrected chi connectivity index (χ0v) is 16.8. The molecule has 1 amide bonds. The fourth-order valence-corrected chi connectivity index (χ4v) is 4.15. The molecule has 3 aromatic rings. The van der Waals surface area contributed by atoms with Crippen LogP contribution in [0.4, 0.5) is 11.4 Å². The molecule has 0 unspecified atom stereocenters. The quantitative estimate of drug-likeness (QED) is 0.698. The molecule has 0 saturated carbocycles. The highest BCUT2D eigenvalue weighted by Crippen LogP contribution is 2.26. The van der Waals surface area contributed by atoms with E-state index in [0.717, 1.165) is 5.56 Å². The van der Waals surface area contributed by atoms with Crippen molar-refractivity contribution >= 4 is 27.3 Å². The number of nitrogens with zero attached hydrogens (tertiary/aromatic N) is 1. The van der Waals surface area contributed by atoms with Crippen LogP contribution >= 0.6 is 0 Å². The van der Waals surface area contributed by atoms with Gasteiger partial charge in [-0.05, 0) is 61.9 Å². The lowest BCUT2D eigenvalue weighted by molar-refractivity contribution is 0.102. The van der Waals surface area contributed by atoms with Crippen LogP contribution in [-0.4, -0.2) is 21.4 Å². The first kappa shape index (κ1) is 19.6. The summed E-state index contributed by atoms with van der Waals surface area (Å²) in [4.78, 5) is 12.7. The van der Waals surface area contributed by atoms with E-state index in [9.17, 15) is 13.2 Å². The van der Waals surface area contributed by atoms with Gasteiger partial charge in [-0.2, -0.15) is 0 Å². The Balaban J connectivity index is 1.84. The smallest absolute Gasteiger partial charge is 0.264 e. The summed E-state index contributed by atoms with van der Waals surface area (Å²) < 4.78 is 26.9. The normalized spacial score (nSPS) is 11.1. The van der Waals surface area contributed by atoms with E-state index in [2.05, 4.69) is 5.32 Å². The second kappa shape index (κ2) is 7.86. The van der Waals surface area contributed by atoms with Crippen LogP contribution in [-0.2, 0) is 10.0 Å². The van der Waals surface area contributed by atoms with E-state index >= 15 is 0 Å². The van der Waals surface area contributed by atoms with E-state index in [-0.39, 0.29) is 10.8 Å². The third kappa shape index (κ3) is 4.07. The maximum atomic E-state index is 12.8. The first-order valence-electron chi connectivity index (χ1n) is 8.82. The second-order valence-corrected chi connectivity index (χ2v) is 8.58. The highest BCUT2D eigenvalue weighted by molar-refractivity contribution is 7.92. The Hall–Kier alpha value is -3.12. The van der Waals surface area contributed by atoms with Crippen LogP contribution < -0.4 is 9.62 Å². The summed E-state index contributed by atoms with van der Waals surface area (Å²) in [6.45, 7) is 3.77. The maximum Gasteiger partial charge on any atom is 0.264 e. The van der Waals surface area contributed by atoms with Crippen LogP contribution in [0.5, 0.6) is 0 Å². The summed E-state index contributed by atoms with van der Waals surface area (Å²) in [5.41, 5.74) is 3.50. The molecule has 1 N–H and O–H groups in total. The number of carbonyl (C=O) groups is 1. The molecular weight excluding hydrogens is 372 g/mol. The number of hydrogen-bond donors (Lipinski definition) is 1. The van der Waals surface area contributed by atoms with Crippen molar-refractivity contribution in [3.8, 4) is 0 Å². The largest absolute Gasteiger partial charge is 0.322 e. The van der Waals surface area contributed by atoms with Crippen LogP contribution in [0.1, 0.15) is 21.5 Å². The van der Waals surface area contributed by atoms with Crippen molar-refractivity contribution in [1.29, 1.82) is 0 Å². The van der Waals surface area contributed by atoms with E-state index in [4.69, 9.17) is 0 Å². The van der Waals surface area contributed by atoms with Crippen LogP contribution in [0, 0.1) is 13.8 Å². The van der Waals surface area contributed by atoms with Crippen molar-refractivity contribution < 1.29 is 13.2 Å². The molecule has 0 bridgehead atoms. The third-order valence-corrected chi connectivity index (χ3v) is 6.29. The van der Waals surface area contributed by atoms with Crippen molar-refractivity contribution in [1.82, 2.24) is 0 Å². The monoisotopic (exact) mass is 394 g/mol. The molecule has 5 nitrogen and oxygen atoms in total. The molecule has 3 aromatic carbocycles. The first-order valence-corrected chi connectivity index (χ1v) is 10.3. The van der Waals surface area contributed by atoms with Crippen LogP contribution in [0.2, 0.25) is 0 Å². The molecule has 0 aliphatic heterocycles. The van der Waals surface area contributed by atoms with Crippen LogP contribution in [0.3, 0.4) is 0 Å². The maximum absolute atomic E-state index is 12.8. The predicted molar refractivity (Wildman–Crippen MR) is 112 cm³/mol. The molecule has 6 heteroatoms. The van der Waals surface area contributed by atoms with E-state index in [1.54, 1.807) is 55.5 Å². The third-order valence-electron chi connectivity index (χ3n) is 4.51. The molecule has 0 spiro atoms. The Morgan fingerprint density at radius 1 is 0.893 bits per heavy atom. The average molecular weight is 394 g/mol. The van der Waals surface area contributed by atoms with Gasteiger partial charge in [-0.15, -0.1) is 0 Å². The van der Waals surface area contributed by atoms with Crippen molar-refractivity contribution in [2.75, 3.05) is 16.7 Å². The number of amides is 1. The van der Waals surface area contributed by atoms with Gasteiger partial charge in [-0.3, -0.25) is 9.10 Å². The number of aryl methyl sites for hydroxylation is 2. The number of sulfonamides is 1. The van der Waals surface area contributed by atoms with Crippen LogP contribution in [0.25, 0.3) is 0 Å². The van der Waals surface area contributed by atoms with E-state index in [1.165, 1.54) is 11.4 Å². The van der Waals surface area contributed by atoms with Gasteiger partial charge < -0.3 is 5.32 Å². The van der Waals surface area contributed by atoms with E-state index in [0.29, 0.717) is 22.5 Å². The molecule has 0 saturated heterocycles. The Morgan fingerprint density at radius 2 is 1.54 bits per heavy atom. The van der Waals surface area contributed by atoms with E-state index in [1.807, 2.05) is 31.2 Å². The topological polar surface area (TPSA) is 66.5 Å². The fourth-order valence-electron chi connectivity index (χ4n) is 2.87. The predicted octanol–water partition coefficient (Wildman–Crippen LogP) is 4.38. The van der Waals surface area contributed by atoms with Gasteiger partial charge in [0.25, 0.3) is 15.9 Å². The lowest BCUT2D eigenvalue weighted by atomic mass is 10.1. The summed E-state index contributed by atoms with van der Waals surface area (Å²) in [5, 5.41) is 2.85. The molecule has 28 heavy (non-hydrogen) atoms. The highest BCUT2D eigenvalue weighted by Gasteiger charge is 2.22. The second-order valence-electron chi connectivity index (χ2n) is 6.61. The van der Waals surface area contributed by atoms with Gasteiger partial charge in [0.2, 0.25) is 0 Å². The first-order chi connectivity index (χ1) is 13.3. The summed E-state index contributed by atoms with van der Waals surface area (Å²) in [6.07, 6.45) is 0. The van der Waals surface area contributed by atoms with Gasteiger partial charge in [0, 0.05) is 18.3 Å². The summed E-state index contributed by atoms with van der Waals surface area (Å²) in [5.74, 6) is -0.243. The summed E-state index contributed by atoms with van der Waals surface area (Å²) in [7, 11) is -2.16. The Morgan fingerprint density at radius 3 is 2.14 bits per heavy atom. The molecule has 0 atom stereocenters. The van der Waals surface area contributed by atoms with Gasteiger partial charge in [0.1, 0.15) is 0 Å². The zero-order chi connectivity index (χ0) is 20.3. The van der Waals surface area contributed by atoms with Gasteiger partial charge in [0.05, 0.1) is 10.6 Å². The fraction of sp³-hybridized carbons (Fsp3) is 0.136.